The van der Waals surface area contributed by atoms with Crippen LogP contribution >= 0.6 is 11.6 Å². The molecule has 1 aromatic heterocycles. The Morgan fingerprint density at radius 3 is 2.34 bits per heavy atom. The third-order valence-corrected chi connectivity index (χ3v) is 7.92. The number of carbonyl (C=O) groups is 1. The van der Waals surface area contributed by atoms with E-state index >= 15 is 0 Å². The quantitative estimate of drug-likeness (QED) is 0.378. The Morgan fingerprint density at radius 2 is 1.84 bits per heavy atom. The standard InChI is InChI=1S/C27H40ClFN4O4S/c1-17(2)24-21(14-19-10-11-23(22(28)15-19)38(35,36)32(8)9)25(18(3)4)33(31-24)16-20(29)12-13-30-26(34)37-27(5,6)7/h10-12,15,17-18H,13-14,16H2,1-9H3,(H,30,34)/b20-12-. The number of halogens is 2. The molecule has 0 bridgehead atoms. The minimum Gasteiger partial charge on any atom is -0.444 e. The van der Waals surface area contributed by atoms with Crippen molar-refractivity contribution < 1.29 is 22.3 Å². The summed E-state index contributed by atoms with van der Waals surface area (Å²) in [5, 5.41) is 7.42. The molecule has 0 spiro atoms. The highest BCUT2D eigenvalue weighted by atomic mass is 35.5. The molecule has 1 amide bonds. The first-order chi connectivity index (χ1) is 17.4. The van der Waals surface area contributed by atoms with Gasteiger partial charge in [0.1, 0.15) is 16.3 Å². The van der Waals surface area contributed by atoms with Gasteiger partial charge in [-0.1, -0.05) is 45.4 Å². The van der Waals surface area contributed by atoms with Crippen LogP contribution in [-0.4, -0.2) is 54.8 Å². The van der Waals surface area contributed by atoms with Crippen molar-refractivity contribution >= 4 is 27.7 Å². The van der Waals surface area contributed by atoms with Gasteiger partial charge >= 0.3 is 6.09 Å². The molecule has 2 rings (SSSR count). The molecule has 38 heavy (non-hydrogen) atoms. The third-order valence-electron chi connectivity index (χ3n) is 5.62. The van der Waals surface area contributed by atoms with Crippen LogP contribution in [0.1, 0.15) is 82.8 Å². The molecule has 1 N–H and O–H groups in total. The summed E-state index contributed by atoms with van der Waals surface area (Å²) in [6.45, 7) is 13.3. The maximum absolute atomic E-state index is 14.9. The summed E-state index contributed by atoms with van der Waals surface area (Å²) in [6, 6.07) is 4.92. The number of nitrogens with zero attached hydrogens (tertiary/aromatic N) is 3. The molecular formula is C27H40ClFN4O4S. The fraction of sp³-hybridized carbons (Fsp3) is 0.556. The van der Waals surface area contributed by atoms with Gasteiger partial charge in [0.2, 0.25) is 10.0 Å². The van der Waals surface area contributed by atoms with Crippen molar-refractivity contribution in [2.75, 3.05) is 20.6 Å². The molecule has 0 aliphatic heterocycles. The van der Waals surface area contributed by atoms with Gasteiger partial charge in [-0.05, 0) is 56.4 Å². The zero-order chi connectivity index (χ0) is 29.0. The highest BCUT2D eigenvalue weighted by Crippen LogP contribution is 2.32. The summed E-state index contributed by atoms with van der Waals surface area (Å²) >= 11 is 6.39. The zero-order valence-electron chi connectivity index (χ0n) is 23.7. The summed E-state index contributed by atoms with van der Waals surface area (Å²) in [4.78, 5) is 11.9. The number of benzene rings is 1. The van der Waals surface area contributed by atoms with Gasteiger partial charge in [-0.3, -0.25) is 4.68 Å². The number of carbonyl (C=O) groups excluding carboxylic acids is 1. The number of hydrogen-bond acceptors (Lipinski definition) is 5. The van der Waals surface area contributed by atoms with Crippen molar-refractivity contribution in [2.24, 2.45) is 0 Å². The average Bonchev–Trinajstić information content (AvgIpc) is 3.10. The minimum atomic E-state index is -3.67. The van der Waals surface area contributed by atoms with Crippen molar-refractivity contribution in [1.29, 1.82) is 0 Å². The van der Waals surface area contributed by atoms with Crippen LogP contribution in [0.25, 0.3) is 0 Å². The van der Waals surface area contributed by atoms with Crippen molar-refractivity contribution in [3.8, 4) is 0 Å². The van der Waals surface area contributed by atoms with Gasteiger partial charge in [0.05, 0.1) is 17.3 Å². The van der Waals surface area contributed by atoms with Crippen LogP contribution in [0.4, 0.5) is 9.18 Å². The summed E-state index contributed by atoms with van der Waals surface area (Å²) in [5.41, 5.74) is 2.89. The second kappa shape index (κ2) is 12.6. The molecule has 0 saturated carbocycles. The van der Waals surface area contributed by atoms with Crippen LogP contribution in [0.2, 0.25) is 5.02 Å². The summed E-state index contributed by atoms with van der Waals surface area (Å²) in [6.07, 6.45) is 1.15. The van der Waals surface area contributed by atoms with Gasteiger partial charge in [-0.25, -0.2) is 21.9 Å². The lowest BCUT2D eigenvalue weighted by atomic mass is 9.94. The maximum atomic E-state index is 14.9. The van der Waals surface area contributed by atoms with E-state index in [2.05, 4.69) is 5.32 Å². The average molecular weight is 571 g/mol. The number of rotatable bonds is 10. The van der Waals surface area contributed by atoms with E-state index < -0.39 is 27.5 Å². The first-order valence-electron chi connectivity index (χ1n) is 12.6. The number of aromatic nitrogens is 2. The molecule has 1 aromatic carbocycles. The second-order valence-electron chi connectivity index (χ2n) is 11.0. The number of nitrogens with one attached hydrogen (secondary N) is 1. The van der Waals surface area contributed by atoms with Crippen molar-refractivity contribution in [3.63, 3.8) is 0 Å². The van der Waals surface area contributed by atoms with E-state index in [4.69, 9.17) is 21.4 Å². The first kappa shape index (κ1) is 31.8. The maximum Gasteiger partial charge on any atom is 0.407 e. The number of hydrogen-bond donors (Lipinski definition) is 1. The second-order valence-corrected chi connectivity index (χ2v) is 13.5. The van der Waals surface area contributed by atoms with E-state index in [1.165, 1.54) is 26.2 Å². The highest BCUT2D eigenvalue weighted by Gasteiger charge is 2.25. The molecule has 212 valence electrons. The monoisotopic (exact) mass is 570 g/mol. The molecule has 0 fully saturated rings. The van der Waals surface area contributed by atoms with E-state index in [-0.39, 0.29) is 34.8 Å². The van der Waals surface area contributed by atoms with E-state index in [9.17, 15) is 17.6 Å². The Labute approximate surface area is 231 Å². The van der Waals surface area contributed by atoms with Crippen LogP contribution in [-0.2, 0) is 27.7 Å². The van der Waals surface area contributed by atoms with E-state index in [1.54, 1.807) is 37.6 Å². The van der Waals surface area contributed by atoms with Gasteiger partial charge in [-0.2, -0.15) is 5.10 Å². The number of alkyl carbamates (subject to hydrolysis) is 1. The van der Waals surface area contributed by atoms with Crippen molar-refractivity contribution in [3.05, 3.63) is 57.6 Å². The molecular weight excluding hydrogens is 531 g/mol. The molecule has 0 unspecified atom stereocenters. The SMILES string of the molecule is CC(C)c1nn(C/C(F)=C/CNC(=O)OC(C)(C)C)c(C(C)C)c1Cc1ccc(S(=O)(=O)N(C)C)c(Cl)c1. The Hall–Kier alpha value is -2.43. The van der Waals surface area contributed by atoms with Gasteiger partial charge in [-0.15, -0.1) is 0 Å². The molecule has 0 saturated heterocycles. The predicted octanol–water partition coefficient (Wildman–Crippen LogP) is 6.00. The lowest BCUT2D eigenvalue weighted by Crippen LogP contribution is -2.32. The largest absolute Gasteiger partial charge is 0.444 e. The summed E-state index contributed by atoms with van der Waals surface area (Å²) in [5.74, 6) is -0.316. The lowest BCUT2D eigenvalue weighted by Gasteiger charge is -2.19. The molecule has 1 heterocycles. The molecule has 0 atom stereocenters. The fourth-order valence-corrected chi connectivity index (χ4v) is 5.41. The zero-order valence-corrected chi connectivity index (χ0v) is 25.3. The van der Waals surface area contributed by atoms with E-state index in [1.807, 2.05) is 27.7 Å². The van der Waals surface area contributed by atoms with E-state index in [0.29, 0.717) is 6.42 Å². The Bertz CT molecular complexity index is 1280. The third kappa shape index (κ3) is 8.28. The van der Waals surface area contributed by atoms with Gasteiger partial charge in [0.25, 0.3) is 0 Å². The van der Waals surface area contributed by atoms with Crippen LogP contribution in [0.3, 0.4) is 0 Å². The van der Waals surface area contributed by atoms with Gasteiger partial charge < -0.3 is 10.1 Å². The lowest BCUT2D eigenvalue weighted by molar-refractivity contribution is 0.0534. The minimum absolute atomic E-state index is 0.0103. The number of ether oxygens (including phenoxy) is 1. The van der Waals surface area contributed by atoms with Crippen LogP contribution in [0, 0.1) is 0 Å². The van der Waals surface area contributed by atoms with Crippen molar-refractivity contribution in [2.45, 2.75) is 83.8 Å². The molecule has 0 aliphatic carbocycles. The van der Waals surface area contributed by atoms with Crippen LogP contribution < -0.4 is 5.32 Å². The Kier molecular flexibility index (Phi) is 10.6. The normalized spacial score (nSPS) is 13.1. The summed E-state index contributed by atoms with van der Waals surface area (Å²) in [7, 11) is -0.755. The molecule has 8 nitrogen and oxygen atoms in total. The fourth-order valence-electron chi connectivity index (χ4n) is 3.97. The van der Waals surface area contributed by atoms with Crippen LogP contribution in [0.15, 0.2) is 35.0 Å². The van der Waals surface area contributed by atoms with Gasteiger partial charge in [0, 0.05) is 38.3 Å². The van der Waals surface area contributed by atoms with Crippen LogP contribution in [0.5, 0.6) is 0 Å². The molecule has 11 heteroatoms. The molecule has 0 radical (unpaired) electrons. The Morgan fingerprint density at radius 1 is 1.21 bits per heavy atom. The smallest absolute Gasteiger partial charge is 0.407 e. The molecule has 2 aromatic rings. The predicted molar refractivity (Wildman–Crippen MR) is 149 cm³/mol. The number of sulfonamides is 1. The van der Waals surface area contributed by atoms with Crippen molar-refractivity contribution in [1.82, 2.24) is 19.4 Å². The summed E-state index contributed by atoms with van der Waals surface area (Å²) < 4.78 is 47.9. The topological polar surface area (TPSA) is 93.5 Å². The highest BCUT2D eigenvalue weighted by molar-refractivity contribution is 7.89. The molecule has 0 aliphatic rings. The van der Waals surface area contributed by atoms with Gasteiger partial charge in [0.15, 0.2) is 0 Å². The Balaban J connectivity index is 2.35. The number of allylic oxidation sites excluding steroid dienone is 1. The van der Waals surface area contributed by atoms with E-state index in [0.717, 1.165) is 26.8 Å². The number of amides is 1. The first-order valence-corrected chi connectivity index (χ1v) is 14.4.